The van der Waals surface area contributed by atoms with E-state index in [1.165, 1.54) is 23.9 Å². The Morgan fingerprint density at radius 1 is 1.06 bits per heavy atom. The number of rotatable bonds is 6. The fraction of sp³-hybridized carbons (Fsp3) is 0.120. The molecule has 2 N–H and O–H groups in total. The van der Waals surface area contributed by atoms with Gasteiger partial charge in [0.2, 0.25) is 0 Å². The number of fused-ring (bicyclic) bond motifs is 1. The molecule has 7 nitrogen and oxygen atoms in total. The molecule has 1 amide bonds. The Kier molecular flexibility index (Phi) is 5.81. The van der Waals surface area contributed by atoms with Gasteiger partial charge >= 0.3 is 5.97 Å². The van der Waals surface area contributed by atoms with E-state index in [0.717, 1.165) is 32.9 Å². The summed E-state index contributed by atoms with van der Waals surface area (Å²) in [4.78, 5) is 39.9. The minimum absolute atomic E-state index is 0.333. The van der Waals surface area contributed by atoms with Gasteiger partial charge < -0.3 is 15.0 Å². The van der Waals surface area contributed by atoms with Crippen molar-refractivity contribution in [2.75, 3.05) is 5.32 Å². The van der Waals surface area contributed by atoms with E-state index in [9.17, 15) is 14.4 Å². The maximum absolute atomic E-state index is 12.8. The fourth-order valence-electron chi connectivity index (χ4n) is 3.58. The molecule has 0 bridgehead atoms. The number of carbonyl (C=O) groups is 2. The maximum Gasteiger partial charge on any atom is 0.323 e. The zero-order chi connectivity index (χ0) is 22.7. The average molecular weight is 427 g/mol. The van der Waals surface area contributed by atoms with Gasteiger partial charge in [0.25, 0.3) is 11.5 Å². The molecule has 0 aliphatic carbocycles. The van der Waals surface area contributed by atoms with E-state index in [0.29, 0.717) is 11.3 Å². The van der Waals surface area contributed by atoms with E-state index in [2.05, 4.69) is 35.4 Å². The molecule has 0 aliphatic heterocycles. The highest BCUT2D eigenvalue weighted by Crippen LogP contribution is 2.29. The predicted octanol–water partition coefficient (Wildman–Crippen LogP) is 3.96. The first kappa shape index (κ1) is 21.0. The molecule has 0 fully saturated rings. The number of hydrogen-bond donors (Lipinski definition) is 2. The lowest BCUT2D eigenvalue weighted by Crippen LogP contribution is -2.24. The predicted molar refractivity (Wildman–Crippen MR) is 123 cm³/mol. The molecule has 160 valence electrons. The van der Waals surface area contributed by atoms with Crippen LogP contribution in [0.4, 0.5) is 5.69 Å². The van der Waals surface area contributed by atoms with E-state index in [1.54, 1.807) is 24.4 Å². The van der Waals surface area contributed by atoms with Crippen LogP contribution in [0.2, 0.25) is 0 Å². The van der Waals surface area contributed by atoms with Gasteiger partial charge in [0, 0.05) is 41.2 Å². The van der Waals surface area contributed by atoms with Crippen molar-refractivity contribution < 1.29 is 14.7 Å². The molecule has 4 aromatic rings. The number of amides is 1. The lowest BCUT2D eigenvalue weighted by atomic mass is 9.97. The molecule has 0 unspecified atom stereocenters. The summed E-state index contributed by atoms with van der Waals surface area (Å²) in [6.07, 6.45) is 5.88. The number of anilines is 1. The average Bonchev–Trinajstić information content (AvgIpc) is 2.80. The van der Waals surface area contributed by atoms with Crippen LogP contribution in [0.1, 0.15) is 22.8 Å². The Hall–Kier alpha value is -4.26. The van der Waals surface area contributed by atoms with Crippen molar-refractivity contribution in [1.29, 1.82) is 0 Å². The number of carboxylic acids is 1. The summed E-state index contributed by atoms with van der Waals surface area (Å²) in [5.41, 5.74) is 3.32. The first-order valence-electron chi connectivity index (χ1n) is 10.2. The standard InChI is InChI=1S/C25H21N3O4/c1-2-16-6-8-21-19(10-16)12-26-13-22(21)17-4-3-5-18(11-17)25(32)27-20-7-9-23(29)28(14-20)15-24(30)31/h3-14H,2,15H2,1H3,(H,27,32)(H,30,31). The lowest BCUT2D eigenvalue weighted by Gasteiger charge is -2.11. The Morgan fingerprint density at radius 2 is 1.91 bits per heavy atom. The maximum atomic E-state index is 12.8. The van der Waals surface area contributed by atoms with Gasteiger partial charge in [0.1, 0.15) is 6.54 Å². The molecule has 0 spiro atoms. The second-order valence-electron chi connectivity index (χ2n) is 7.41. The summed E-state index contributed by atoms with van der Waals surface area (Å²) in [6.45, 7) is 1.63. The third kappa shape index (κ3) is 4.41. The third-order valence-electron chi connectivity index (χ3n) is 5.21. The highest BCUT2D eigenvalue weighted by Gasteiger charge is 2.11. The zero-order valence-electron chi connectivity index (χ0n) is 17.4. The number of carbonyl (C=O) groups excluding carboxylic acids is 1. The molecule has 4 rings (SSSR count). The third-order valence-corrected chi connectivity index (χ3v) is 5.21. The topological polar surface area (TPSA) is 101 Å². The number of nitrogens with zero attached hydrogens (tertiary/aromatic N) is 2. The van der Waals surface area contributed by atoms with Crippen molar-refractivity contribution in [1.82, 2.24) is 9.55 Å². The molecule has 32 heavy (non-hydrogen) atoms. The fourth-order valence-corrected chi connectivity index (χ4v) is 3.58. The van der Waals surface area contributed by atoms with E-state index in [4.69, 9.17) is 5.11 Å². The van der Waals surface area contributed by atoms with Gasteiger partial charge in [0.05, 0.1) is 5.69 Å². The van der Waals surface area contributed by atoms with Gasteiger partial charge in [-0.3, -0.25) is 19.4 Å². The van der Waals surface area contributed by atoms with Crippen LogP contribution in [0.3, 0.4) is 0 Å². The van der Waals surface area contributed by atoms with Crippen LogP contribution in [-0.4, -0.2) is 26.5 Å². The number of pyridine rings is 2. The summed E-state index contributed by atoms with van der Waals surface area (Å²) < 4.78 is 1.03. The number of carboxylic acid groups (broad SMARTS) is 1. The highest BCUT2D eigenvalue weighted by atomic mass is 16.4. The van der Waals surface area contributed by atoms with E-state index in [1.807, 2.05) is 12.3 Å². The second-order valence-corrected chi connectivity index (χ2v) is 7.41. The van der Waals surface area contributed by atoms with E-state index >= 15 is 0 Å². The molecule has 0 aliphatic rings. The van der Waals surface area contributed by atoms with Crippen LogP contribution < -0.4 is 10.9 Å². The molecule has 0 saturated carbocycles. The van der Waals surface area contributed by atoms with Crippen LogP contribution in [0.25, 0.3) is 21.9 Å². The van der Waals surface area contributed by atoms with Crippen LogP contribution in [0.5, 0.6) is 0 Å². The summed E-state index contributed by atoms with van der Waals surface area (Å²) >= 11 is 0. The van der Waals surface area contributed by atoms with Crippen molar-refractivity contribution in [2.24, 2.45) is 0 Å². The molecule has 7 heteroatoms. The number of aliphatic carboxylic acids is 1. The van der Waals surface area contributed by atoms with Crippen molar-refractivity contribution in [2.45, 2.75) is 19.9 Å². The van der Waals surface area contributed by atoms with E-state index < -0.39 is 18.1 Å². The van der Waals surface area contributed by atoms with Gasteiger partial charge in [-0.05, 0) is 47.2 Å². The highest BCUT2D eigenvalue weighted by molar-refractivity contribution is 6.05. The number of aryl methyl sites for hydroxylation is 1. The summed E-state index contributed by atoms with van der Waals surface area (Å²) in [6, 6.07) is 16.2. The van der Waals surface area contributed by atoms with Crippen LogP contribution in [-0.2, 0) is 17.8 Å². The number of aromatic nitrogens is 2. The van der Waals surface area contributed by atoms with Gasteiger partial charge in [0.15, 0.2) is 0 Å². The summed E-state index contributed by atoms with van der Waals surface area (Å²) in [7, 11) is 0. The van der Waals surface area contributed by atoms with Crippen molar-refractivity contribution in [3.63, 3.8) is 0 Å². The molecule has 0 saturated heterocycles. The van der Waals surface area contributed by atoms with Gasteiger partial charge in [-0.15, -0.1) is 0 Å². The monoisotopic (exact) mass is 427 g/mol. The SMILES string of the molecule is CCc1ccc2c(-c3cccc(C(=O)Nc4ccc(=O)n(CC(=O)O)c4)c3)cncc2c1. The minimum Gasteiger partial charge on any atom is -0.480 e. The van der Waals surface area contributed by atoms with Crippen molar-refractivity contribution in [3.05, 3.63) is 94.7 Å². The van der Waals surface area contributed by atoms with E-state index in [-0.39, 0.29) is 5.91 Å². The molecule has 0 radical (unpaired) electrons. The first-order chi connectivity index (χ1) is 15.4. The normalized spacial score (nSPS) is 10.8. The van der Waals surface area contributed by atoms with Gasteiger partial charge in [-0.2, -0.15) is 0 Å². The van der Waals surface area contributed by atoms with Crippen molar-refractivity contribution in [3.8, 4) is 11.1 Å². The number of benzene rings is 2. The van der Waals surface area contributed by atoms with Crippen LogP contribution in [0.15, 0.2) is 78.0 Å². The Balaban J connectivity index is 1.64. The quantitative estimate of drug-likeness (QED) is 0.485. The second kappa shape index (κ2) is 8.85. The number of hydrogen-bond acceptors (Lipinski definition) is 4. The largest absolute Gasteiger partial charge is 0.480 e. The van der Waals surface area contributed by atoms with Crippen LogP contribution in [0, 0.1) is 0 Å². The molecule has 2 aromatic carbocycles. The Morgan fingerprint density at radius 3 is 2.69 bits per heavy atom. The van der Waals surface area contributed by atoms with Crippen LogP contribution >= 0.6 is 0 Å². The smallest absolute Gasteiger partial charge is 0.323 e. The molecule has 2 aromatic heterocycles. The molecular formula is C25H21N3O4. The van der Waals surface area contributed by atoms with Crippen molar-refractivity contribution >= 4 is 28.3 Å². The van der Waals surface area contributed by atoms with Gasteiger partial charge in [-0.1, -0.05) is 31.2 Å². The molecular weight excluding hydrogens is 406 g/mol. The first-order valence-corrected chi connectivity index (χ1v) is 10.2. The summed E-state index contributed by atoms with van der Waals surface area (Å²) in [5, 5.41) is 13.7. The molecule has 0 atom stereocenters. The molecule has 2 heterocycles. The van der Waals surface area contributed by atoms with Gasteiger partial charge in [-0.25, -0.2) is 0 Å². The minimum atomic E-state index is -1.14. The Labute approximate surface area is 184 Å². The lowest BCUT2D eigenvalue weighted by molar-refractivity contribution is -0.137. The summed E-state index contributed by atoms with van der Waals surface area (Å²) in [5.74, 6) is -1.51. The zero-order valence-corrected chi connectivity index (χ0v) is 17.4. The number of nitrogens with one attached hydrogen (secondary N) is 1. The Bertz CT molecular complexity index is 1390.